The molecule has 1 rings (SSSR count). The Hall–Kier alpha value is -0.0800. The molecule has 1 aromatic rings. The second kappa shape index (κ2) is 3.35. The van der Waals surface area contributed by atoms with Gasteiger partial charge in [-0.15, -0.1) is 0 Å². The lowest BCUT2D eigenvalue weighted by Crippen LogP contribution is -1.80. The molecule has 0 unspecified atom stereocenters. The number of hydrogen-bond donors (Lipinski definition) is 2. The van der Waals surface area contributed by atoms with Crippen LogP contribution in [-0.2, 0) is 0 Å². The quantitative estimate of drug-likeness (QED) is 0.470. The van der Waals surface area contributed by atoms with Crippen molar-refractivity contribution in [2.75, 3.05) is 0 Å². The minimum absolute atomic E-state index is 0.0422. The highest BCUT2D eigenvalue weighted by atomic mass is 32.2. The first-order chi connectivity index (χ1) is 4.70. The summed E-state index contributed by atoms with van der Waals surface area (Å²) >= 11 is 8.37. The second-order valence-corrected chi connectivity index (χ2v) is 3.72. The zero-order valence-corrected chi connectivity index (χ0v) is 7.57. The summed E-state index contributed by atoms with van der Waals surface area (Å²) in [5.41, 5.74) is 2.42. The molecule has 0 aliphatic heterocycles. The van der Waals surface area contributed by atoms with Gasteiger partial charge in [-0.25, -0.2) is 0 Å². The Morgan fingerprint density at radius 2 is 1.60 bits per heavy atom. The molecule has 0 aliphatic carbocycles. The van der Waals surface area contributed by atoms with E-state index < -0.39 is 0 Å². The summed E-state index contributed by atoms with van der Waals surface area (Å²) in [4.78, 5) is 0. The van der Waals surface area contributed by atoms with Gasteiger partial charge in [0.15, 0.2) is 0 Å². The highest BCUT2D eigenvalue weighted by Crippen LogP contribution is 2.22. The average molecular weight is 170 g/mol. The van der Waals surface area contributed by atoms with E-state index in [0.29, 0.717) is 0 Å². The number of hydrogen-bond acceptors (Lipinski definition) is 2. The van der Waals surface area contributed by atoms with Crippen molar-refractivity contribution in [1.29, 1.82) is 0 Å². The lowest BCUT2D eigenvalue weighted by Gasteiger charge is -2.02. The van der Waals surface area contributed by atoms with Crippen LogP contribution in [0.4, 0.5) is 0 Å². The first-order valence-corrected chi connectivity index (χ1v) is 4.16. The number of rotatable bonds is 1. The zero-order valence-electron chi connectivity index (χ0n) is 5.78. The van der Waals surface area contributed by atoms with Gasteiger partial charge in [0.25, 0.3) is 0 Å². The molecule has 0 nitrogen and oxygen atoms in total. The van der Waals surface area contributed by atoms with E-state index in [4.69, 9.17) is 0 Å². The summed E-state index contributed by atoms with van der Waals surface area (Å²) < 4.78 is 0.0422. The van der Waals surface area contributed by atoms with Crippen LogP contribution in [0.3, 0.4) is 0 Å². The van der Waals surface area contributed by atoms with E-state index in [9.17, 15) is 0 Å². The van der Waals surface area contributed by atoms with E-state index in [0.717, 1.165) is 5.56 Å². The summed E-state index contributed by atoms with van der Waals surface area (Å²) in [5.74, 6) is 0. The predicted octanol–water partition coefficient (Wildman–Crippen LogP) is 2.85. The van der Waals surface area contributed by atoms with Gasteiger partial charge in [-0.05, 0) is 12.5 Å². The topological polar surface area (TPSA) is 0 Å². The van der Waals surface area contributed by atoms with Crippen LogP contribution in [0.2, 0.25) is 0 Å². The van der Waals surface area contributed by atoms with Crippen molar-refractivity contribution in [3.05, 3.63) is 35.4 Å². The van der Waals surface area contributed by atoms with E-state index in [2.05, 4.69) is 44.3 Å². The third-order valence-electron chi connectivity index (χ3n) is 1.38. The van der Waals surface area contributed by atoms with Crippen molar-refractivity contribution in [2.45, 2.75) is 11.5 Å². The van der Waals surface area contributed by atoms with Gasteiger partial charge in [-0.2, -0.15) is 25.3 Å². The fourth-order valence-corrected chi connectivity index (χ4v) is 1.08. The minimum atomic E-state index is 0.0422. The Labute approximate surface area is 72.5 Å². The van der Waals surface area contributed by atoms with Gasteiger partial charge in [-0.1, -0.05) is 29.8 Å². The molecule has 0 aliphatic rings. The highest BCUT2D eigenvalue weighted by Gasteiger charge is 1.97. The van der Waals surface area contributed by atoms with E-state index in [-0.39, 0.29) is 4.58 Å². The maximum Gasteiger partial charge on any atom is 0.0692 e. The Kier molecular flexibility index (Phi) is 2.69. The fourth-order valence-electron chi connectivity index (χ4n) is 0.739. The monoisotopic (exact) mass is 170 g/mol. The molecule has 0 spiro atoms. The molecular weight excluding hydrogens is 160 g/mol. The van der Waals surface area contributed by atoms with Crippen molar-refractivity contribution in [1.82, 2.24) is 0 Å². The van der Waals surface area contributed by atoms with E-state index in [1.54, 1.807) is 0 Å². The molecule has 0 heterocycles. The van der Waals surface area contributed by atoms with Crippen molar-refractivity contribution >= 4 is 25.3 Å². The molecule has 0 N–H and O–H groups in total. The van der Waals surface area contributed by atoms with E-state index in [1.165, 1.54) is 5.56 Å². The third-order valence-corrected chi connectivity index (χ3v) is 1.97. The summed E-state index contributed by atoms with van der Waals surface area (Å²) in [6.45, 7) is 2.07. The molecule has 0 atom stereocenters. The number of aryl methyl sites for hydroxylation is 1. The number of benzene rings is 1. The van der Waals surface area contributed by atoms with Crippen molar-refractivity contribution < 1.29 is 0 Å². The van der Waals surface area contributed by atoms with Crippen LogP contribution in [0.15, 0.2) is 24.3 Å². The minimum Gasteiger partial charge on any atom is -0.160 e. The molecule has 1 aromatic carbocycles. The molecule has 0 radical (unpaired) electrons. The summed E-state index contributed by atoms with van der Waals surface area (Å²) in [6, 6.07) is 8.21. The summed E-state index contributed by atoms with van der Waals surface area (Å²) in [7, 11) is 0. The first-order valence-electron chi connectivity index (χ1n) is 3.13. The van der Waals surface area contributed by atoms with Gasteiger partial charge in [0, 0.05) is 0 Å². The smallest absolute Gasteiger partial charge is 0.0692 e. The Bertz CT molecular complexity index is 201. The van der Waals surface area contributed by atoms with Gasteiger partial charge in [0.2, 0.25) is 0 Å². The molecular formula is C8H10S2. The largest absolute Gasteiger partial charge is 0.160 e. The van der Waals surface area contributed by atoms with Crippen LogP contribution in [0.1, 0.15) is 15.7 Å². The van der Waals surface area contributed by atoms with Crippen LogP contribution in [-0.4, -0.2) is 0 Å². The lowest BCUT2D eigenvalue weighted by atomic mass is 10.2. The molecule has 0 bridgehead atoms. The highest BCUT2D eigenvalue weighted by molar-refractivity contribution is 7.98. The van der Waals surface area contributed by atoms with Crippen LogP contribution in [0.25, 0.3) is 0 Å². The van der Waals surface area contributed by atoms with Gasteiger partial charge in [-0.3, -0.25) is 0 Å². The molecule has 10 heavy (non-hydrogen) atoms. The van der Waals surface area contributed by atoms with E-state index in [1.807, 2.05) is 12.1 Å². The Balaban J connectivity index is 2.89. The molecule has 2 heteroatoms. The number of thiol groups is 2. The summed E-state index contributed by atoms with van der Waals surface area (Å²) in [5, 5.41) is 0. The van der Waals surface area contributed by atoms with Crippen LogP contribution in [0.5, 0.6) is 0 Å². The molecule has 0 saturated heterocycles. The Morgan fingerprint density at radius 3 is 2.00 bits per heavy atom. The Morgan fingerprint density at radius 1 is 1.10 bits per heavy atom. The standard InChI is InChI=1S/C8H10S2/c1-6-2-4-7(5-3-6)8(9)10/h2-5,8-10H,1H3. The summed E-state index contributed by atoms with van der Waals surface area (Å²) in [6.07, 6.45) is 0. The predicted molar refractivity (Wildman–Crippen MR) is 51.9 cm³/mol. The SMILES string of the molecule is Cc1ccc(C(S)S)cc1. The molecule has 0 aromatic heterocycles. The van der Waals surface area contributed by atoms with Crippen LogP contribution < -0.4 is 0 Å². The second-order valence-electron chi connectivity index (χ2n) is 2.28. The van der Waals surface area contributed by atoms with Crippen LogP contribution >= 0.6 is 25.3 Å². The van der Waals surface area contributed by atoms with Gasteiger partial charge >= 0.3 is 0 Å². The van der Waals surface area contributed by atoms with Gasteiger partial charge in [0.05, 0.1) is 4.58 Å². The molecule has 54 valence electrons. The normalized spacial score (nSPS) is 10.4. The lowest BCUT2D eigenvalue weighted by molar-refractivity contribution is 1.36. The maximum absolute atomic E-state index is 4.19. The first kappa shape index (κ1) is 8.02. The van der Waals surface area contributed by atoms with Gasteiger partial charge < -0.3 is 0 Å². The van der Waals surface area contributed by atoms with E-state index >= 15 is 0 Å². The average Bonchev–Trinajstić information content (AvgIpc) is 1.88. The third kappa shape index (κ3) is 1.96. The van der Waals surface area contributed by atoms with Crippen molar-refractivity contribution in [2.24, 2.45) is 0 Å². The molecule has 0 amide bonds. The fraction of sp³-hybridized carbons (Fsp3) is 0.250. The van der Waals surface area contributed by atoms with Crippen molar-refractivity contribution in [3.8, 4) is 0 Å². The zero-order chi connectivity index (χ0) is 7.56. The van der Waals surface area contributed by atoms with Gasteiger partial charge in [0.1, 0.15) is 0 Å². The van der Waals surface area contributed by atoms with Crippen LogP contribution in [0, 0.1) is 6.92 Å². The molecule has 0 fully saturated rings. The maximum atomic E-state index is 4.19. The molecule has 0 saturated carbocycles. The van der Waals surface area contributed by atoms with Crippen molar-refractivity contribution in [3.63, 3.8) is 0 Å².